The first-order valence-corrected chi connectivity index (χ1v) is 7.09. The Balaban J connectivity index is 3.02. The van der Waals surface area contributed by atoms with Gasteiger partial charge in [0.1, 0.15) is 10.6 Å². The van der Waals surface area contributed by atoms with Crippen molar-refractivity contribution in [1.82, 2.24) is 4.72 Å². The molecule has 17 heavy (non-hydrogen) atoms. The molecule has 0 heterocycles. The van der Waals surface area contributed by atoms with Gasteiger partial charge in [0, 0.05) is 5.54 Å². The van der Waals surface area contributed by atoms with Gasteiger partial charge in [-0.25, -0.2) is 13.1 Å². The molecule has 1 aromatic rings. The van der Waals surface area contributed by atoms with Crippen molar-refractivity contribution in [1.29, 1.82) is 0 Å². The Kier molecular flexibility index (Phi) is 4.16. The third kappa shape index (κ3) is 3.71. The minimum atomic E-state index is -3.67. The highest BCUT2D eigenvalue weighted by atomic mass is 32.2. The van der Waals surface area contributed by atoms with E-state index in [1.54, 1.807) is 12.1 Å². The monoisotopic (exact) mass is 257 g/mol. The Hall–Kier alpha value is -1.07. The number of sulfonamides is 1. The van der Waals surface area contributed by atoms with Crippen molar-refractivity contribution in [2.75, 3.05) is 0 Å². The van der Waals surface area contributed by atoms with Crippen LogP contribution in [0.3, 0.4) is 0 Å². The van der Waals surface area contributed by atoms with Gasteiger partial charge < -0.3 is 5.11 Å². The summed E-state index contributed by atoms with van der Waals surface area (Å²) < 4.78 is 26.7. The number of phenolic OH excluding ortho intramolecular Hbond substituents is 1. The first-order chi connectivity index (χ1) is 7.78. The average Bonchev–Trinajstić information content (AvgIpc) is 2.15. The molecule has 4 nitrogen and oxygen atoms in total. The molecule has 0 aromatic heterocycles. The zero-order valence-corrected chi connectivity index (χ0v) is 11.2. The van der Waals surface area contributed by atoms with Gasteiger partial charge in [-0.1, -0.05) is 25.5 Å². The molecule has 0 unspecified atom stereocenters. The molecule has 0 fully saturated rings. The van der Waals surface area contributed by atoms with E-state index in [4.69, 9.17) is 0 Å². The minimum Gasteiger partial charge on any atom is -0.507 e. The van der Waals surface area contributed by atoms with E-state index in [1.165, 1.54) is 12.1 Å². The summed E-state index contributed by atoms with van der Waals surface area (Å²) in [6.45, 7) is 5.65. The van der Waals surface area contributed by atoms with E-state index in [9.17, 15) is 13.5 Å². The van der Waals surface area contributed by atoms with Gasteiger partial charge in [-0.15, -0.1) is 0 Å². The van der Waals surface area contributed by atoms with E-state index in [1.807, 2.05) is 20.8 Å². The molecular weight excluding hydrogens is 238 g/mol. The summed E-state index contributed by atoms with van der Waals surface area (Å²) in [7, 11) is -3.67. The molecule has 0 saturated carbocycles. The molecule has 0 spiro atoms. The summed E-state index contributed by atoms with van der Waals surface area (Å²) in [6, 6.07) is 5.92. The summed E-state index contributed by atoms with van der Waals surface area (Å²) in [4.78, 5) is -0.0795. The number of aromatic hydroxyl groups is 1. The third-order valence-corrected chi connectivity index (χ3v) is 4.19. The van der Waals surface area contributed by atoms with Gasteiger partial charge >= 0.3 is 0 Å². The van der Waals surface area contributed by atoms with Crippen molar-refractivity contribution in [3.63, 3.8) is 0 Å². The zero-order chi connectivity index (χ0) is 13.1. The highest BCUT2D eigenvalue weighted by molar-refractivity contribution is 7.89. The molecule has 0 atom stereocenters. The summed E-state index contributed by atoms with van der Waals surface area (Å²) >= 11 is 0. The van der Waals surface area contributed by atoms with Crippen molar-refractivity contribution in [2.24, 2.45) is 0 Å². The van der Waals surface area contributed by atoms with Gasteiger partial charge in [-0.3, -0.25) is 0 Å². The Bertz CT molecular complexity index is 480. The standard InChI is InChI=1S/C12H19NO3S/c1-4-9-12(2,3)13-17(15,16)11-8-6-5-7-10(11)14/h5-8,13-14H,4,9H2,1-3H3. The second kappa shape index (κ2) is 5.06. The lowest BCUT2D eigenvalue weighted by Crippen LogP contribution is -2.43. The van der Waals surface area contributed by atoms with Crippen LogP contribution in [-0.2, 0) is 10.0 Å². The SMILES string of the molecule is CCCC(C)(C)NS(=O)(=O)c1ccccc1O. The maximum Gasteiger partial charge on any atom is 0.244 e. The number of rotatable bonds is 5. The fourth-order valence-electron chi connectivity index (χ4n) is 1.78. The molecule has 0 bridgehead atoms. The van der Waals surface area contributed by atoms with Crippen LogP contribution < -0.4 is 4.72 Å². The van der Waals surface area contributed by atoms with E-state index in [-0.39, 0.29) is 10.6 Å². The number of hydrogen-bond donors (Lipinski definition) is 2. The summed E-state index contributed by atoms with van der Waals surface area (Å²) in [5.74, 6) is -0.229. The van der Waals surface area contributed by atoms with Crippen molar-refractivity contribution in [3.05, 3.63) is 24.3 Å². The maximum atomic E-state index is 12.1. The molecule has 0 aliphatic carbocycles. The van der Waals surface area contributed by atoms with Crippen LogP contribution in [0.1, 0.15) is 33.6 Å². The lowest BCUT2D eigenvalue weighted by molar-refractivity contribution is 0.414. The zero-order valence-electron chi connectivity index (χ0n) is 10.4. The van der Waals surface area contributed by atoms with Crippen LogP contribution in [0.5, 0.6) is 5.75 Å². The van der Waals surface area contributed by atoms with Gasteiger partial charge in [0.05, 0.1) is 0 Å². The van der Waals surface area contributed by atoms with E-state index in [2.05, 4.69) is 4.72 Å². The van der Waals surface area contributed by atoms with E-state index >= 15 is 0 Å². The predicted molar refractivity (Wildman–Crippen MR) is 67.4 cm³/mol. The Morgan fingerprint density at radius 1 is 1.29 bits per heavy atom. The van der Waals surface area contributed by atoms with Crippen molar-refractivity contribution < 1.29 is 13.5 Å². The molecule has 0 amide bonds. The number of benzene rings is 1. The van der Waals surface area contributed by atoms with Crippen LogP contribution in [0.15, 0.2) is 29.2 Å². The van der Waals surface area contributed by atoms with E-state index < -0.39 is 15.6 Å². The van der Waals surface area contributed by atoms with Crippen molar-refractivity contribution >= 4 is 10.0 Å². The number of phenols is 1. The maximum absolute atomic E-state index is 12.1. The Labute approximate surface area is 103 Å². The fourth-order valence-corrected chi connectivity index (χ4v) is 3.32. The first kappa shape index (κ1) is 14.0. The van der Waals surface area contributed by atoms with Crippen molar-refractivity contribution in [3.8, 4) is 5.75 Å². The second-order valence-electron chi connectivity index (χ2n) is 4.71. The van der Waals surface area contributed by atoms with E-state index in [0.717, 1.165) is 12.8 Å². The molecule has 0 saturated heterocycles. The molecule has 96 valence electrons. The van der Waals surface area contributed by atoms with Gasteiger partial charge in [-0.05, 0) is 32.4 Å². The van der Waals surface area contributed by atoms with Crippen LogP contribution in [0, 0.1) is 0 Å². The largest absolute Gasteiger partial charge is 0.507 e. The smallest absolute Gasteiger partial charge is 0.244 e. The molecular formula is C12H19NO3S. The Morgan fingerprint density at radius 3 is 2.41 bits per heavy atom. The lowest BCUT2D eigenvalue weighted by atomic mass is 10.0. The highest BCUT2D eigenvalue weighted by Gasteiger charge is 2.26. The first-order valence-electron chi connectivity index (χ1n) is 5.60. The number of para-hydroxylation sites is 1. The molecule has 0 radical (unpaired) electrons. The van der Waals surface area contributed by atoms with Gasteiger partial charge in [0.2, 0.25) is 10.0 Å². The lowest BCUT2D eigenvalue weighted by Gasteiger charge is -2.25. The van der Waals surface area contributed by atoms with Gasteiger partial charge in [-0.2, -0.15) is 0 Å². The predicted octanol–water partition coefficient (Wildman–Crippen LogP) is 2.25. The summed E-state index contributed by atoms with van der Waals surface area (Å²) in [6.07, 6.45) is 1.62. The second-order valence-corrected chi connectivity index (χ2v) is 6.36. The van der Waals surface area contributed by atoms with E-state index in [0.29, 0.717) is 0 Å². The third-order valence-electron chi connectivity index (χ3n) is 2.44. The fraction of sp³-hybridized carbons (Fsp3) is 0.500. The molecule has 1 aromatic carbocycles. The van der Waals surface area contributed by atoms with Crippen molar-refractivity contribution in [2.45, 2.75) is 44.0 Å². The number of nitrogens with one attached hydrogen (secondary N) is 1. The van der Waals surface area contributed by atoms with Crippen LogP contribution >= 0.6 is 0 Å². The normalized spacial score (nSPS) is 12.6. The van der Waals surface area contributed by atoms with Crippen LogP contribution in [0.2, 0.25) is 0 Å². The molecule has 1 rings (SSSR count). The number of hydrogen-bond acceptors (Lipinski definition) is 3. The van der Waals surface area contributed by atoms with Gasteiger partial charge in [0.25, 0.3) is 0 Å². The average molecular weight is 257 g/mol. The topological polar surface area (TPSA) is 66.4 Å². The minimum absolute atomic E-state index is 0.0795. The summed E-state index contributed by atoms with van der Waals surface area (Å²) in [5, 5.41) is 9.55. The molecule has 2 N–H and O–H groups in total. The highest BCUT2D eigenvalue weighted by Crippen LogP contribution is 2.23. The molecule has 5 heteroatoms. The van der Waals surface area contributed by atoms with Crippen LogP contribution in [0.4, 0.5) is 0 Å². The molecule has 0 aliphatic heterocycles. The molecule has 0 aliphatic rings. The quantitative estimate of drug-likeness (QED) is 0.850. The summed E-state index contributed by atoms with van der Waals surface area (Å²) in [5.41, 5.74) is -0.518. The van der Waals surface area contributed by atoms with Gasteiger partial charge in [0.15, 0.2) is 0 Å². The van der Waals surface area contributed by atoms with Crippen LogP contribution in [0.25, 0.3) is 0 Å². The Morgan fingerprint density at radius 2 is 1.88 bits per heavy atom. The van der Waals surface area contributed by atoms with Crippen LogP contribution in [-0.4, -0.2) is 19.1 Å².